The van der Waals surface area contributed by atoms with Crippen molar-refractivity contribution in [3.05, 3.63) is 0 Å². The van der Waals surface area contributed by atoms with E-state index in [0.717, 1.165) is 38.9 Å². The van der Waals surface area contributed by atoms with Crippen LogP contribution in [-0.2, 0) is 4.74 Å². The third kappa shape index (κ3) is 4.81. The molecule has 1 atom stereocenters. The molecule has 0 aromatic heterocycles. The first kappa shape index (κ1) is 13.9. The molecule has 1 unspecified atom stereocenters. The summed E-state index contributed by atoms with van der Waals surface area (Å²) in [6.07, 6.45) is 4.21. The van der Waals surface area contributed by atoms with E-state index in [1.807, 2.05) is 13.8 Å². The summed E-state index contributed by atoms with van der Waals surface area (Å²) < 4.78 is 5.57. The molecule has 0 aliphatic carbocycles. The maximum atomic E-state index is 10.4. The molecule has 3 nitrogen and oxygen atoms in total. The van der Waals surface area contributed by atoms with E-state index in [0.29, 0.717) is 6.61 Å². The molecule has 1 N–H and O–H groups in total. The minimum atomic E-state index is -0.591. The van der Waals surface area contributed by atoms with Crippen molar-refractivity contribution >= 4 is 0 Å². The lowest BCUT2D eigenvalue weighted by Crippen LogP contribution is -2.37. The van der Waals surface area contributed by atoms with E-state index in [1.54, 1.807) is 0 Å². The lowest BCUT2D eigenvalue weighted by molar-refractivity contribution is -0.0718. The van der Waals surface area contributed by atoms with Crippen LogP contribution in [0.5, 0.6) is 0 Å². The average molecular weight is 229 g/mol. The van der Waals surface area contributed by atoms with Crippen LogP contribution in [0.3, 0.4) is 0 Å². The molecule has 1 fully saturated rings. The molecule has 3 heteroatoms. The van der Waals surface area contributed by atoms with Crippen LogP contribution >= 0.6 is 0 Å². The molecule has 0 radical (unpaired) electrons. The van der Waals surface area contributed by atoms with Gasteiger partial charge in [-0.15, -0.1) is 0 Å². The second-order valence-electron chi connectivity index (χ2n) is 5.28. The Morgan fingerprint density at radius 1 is 1.31 bits per heavy atom. The van der Waals surface area contributed by atoms with E-state index in [1.165, 1.54) is 6.42 Å². The highest BCUT2D eigenvalue weighted by molar-refractivity contribution is 4.83. The summed E-state index contributed by atoms with van der Waals surface area (Å²) in [6, 6.07) is 0. The number of aliphatic hydroxyl groups is 1. The van der Waals surface area contributed by atoms with Crippen molar-refractivity contribution in [2.45, 2.75) is 58.2 Å². The number of hydrogen-bond acceptors (Lipinski definition) is 3. The fourth-order valence-electron chi connectivity index (χ4n) is 2.24. The average Bonchev–Trinajstić information content (AvgIpc) is 2.40. The van der Waals surface area contributed by atoms with Gasteiger partial charge in [0.25, 0.3) is 0 Å². The minimum Gasteiger partial charge on any atom is -0.387 e. The maximum Gasteiger partial charge on any atom is 0.0892 e. The fraction of sp³-hybridized carbons (Fsp3) is 1.00. The molecule has 0 aromatic carbocycles. The maximum absolute atomic E-state index is 10.4. The summed E-state index contributed by atoms with van der Waals surface area (Å²) in [7, 11) is 0. The number of likely N-dealkylation sites (tertiary alicyclic amines) is 1. The molecule has 1 saturated heterocycles. The summed E-state index contributed by atoms with van der Waals surface area (Å²) >= 11 is 0. The van der Waals surface area contributed by atoms with E-state index >= 15 is 0 Å². The molecule has 1 aliphatic rings. The quantitative estimate of drug-likeness (QED) is 0.783. The first-order valence-corrected chi connectivity index (χ1v) is 6.62. The topological polar surface area (TPSA) is 32.7 Å². The van der Waals surface area contributed by atoms with Gasteiger partial charge in [0.1, 0.15) is 0 Å². The van der Waals surface area contributed by atoms with Gasteiger partial charge in [0.05, 0.1) is 18.3 Å². The fourth-order valence-corrected chi connectivity index (χ4v) is 2.24. The van der Waals surface area contributed by atoms with Crippen LogP contribution in [0.4, 0.5) is 0 Å². The van der Waals surface area contributed by atoms with Crippen molar-refractivity contribution in [2.75, 3.05) is 26.2 Å². The van der Waals surface area contributed by atoms with E-state index < -0.39 is 5.60 Å². The van der Waals surface area contributed by atoms with Gasteiger partial charge in [0, 0.05) is 6.54 Å². The molecule has 1 rings (SSSR count). The molecular formula is C13H27NO2. The minimum absolute atomic E-state index is 0.207. The second kappa shape index (κ2) is 6.58. The molecule has 1 aliphatic heterocycles. The monoisotopic (exact) mass is 229 g/mol. The highest BCUT2D eigenvalue weighted by atomic mass is 16.5. The molecule has 0 saturated carbocycles. The highest BCUT2D eigenvalue weighted by Crippen LogP contribution is 2.23. The van der Waals surface area contributed by atoms with Crippen molar-refractivity contribution in [3.8, 4) is 0 Å². The largest absolute Gasteiger partial charge is 0.387 e. The van der Waals surface area contributed by atoms with Gasteiger partial charge in [-0.2, -0.15) is 0 Å². The Morgan fingerprint density at radius 2 is 2.06 bits per heavy atom. The lowest BCUT2D eigenvalue weighted by atomic mass is 9.96. The Bertz CT molecular complexity index is 196. The van der Waals surface area contributed by atoms with E-state index in [9.17, 15) is 5.11 Å². The summed E-state index contributed by atoms with van der Waals surface area (Å²) in [5.41, 5.74) is -0.591. The van der Waals surface area contributed by atoms with Gasteiger partial charge < -0.3 is 14.7 Å². The Labute approximate surface area is 99.8 Å². The standard InChI is InChI=1S/C13H27NO2/c1-4-8-14-9-5-6-13(15,7-10-14)11-16-12(2)3/h12,15H,4-11H2,1-3H3. The molecule has 96 valence electrons. The normalized spacial score (nSPS) is 28.3. The van der Waals surface area contributed by atoms with Crippen LogP contribution in [0.1, 0.15) is 46.5 Å². The third-order valence-corrected chi connectivity index (χ3v) is 3.24. The van der Waals surface area contributed by atoms with Gasteiger partial charge >= 0.3 is 0 Å². The molecule has 0 amide bonds. The number of ether oxygens (including phenoxy) is 1. The van der Waals surface area contributed by atoms with Crippen LogP contribution in [0.2, 0.25) is 0 Å². The zero-order valence-corrected chi connectivity index (χ0v) is 11.0. The van der Waals surface area contributed by atoms with Crippen molar-refractivity contribution in [3.63, 3.8) is 0 Å². The molecule has 16 heavy (non-hydrogen) atoms. The van der Waals surface area contributed by atoms with Gasteiger partial charge in [-0.3, -0.25) is 0 Å². The summed E-state index contributed by atoms with van der Waals surface area (Å²) in [5, 5.41) is 10.4. The summed E-state index contributed by atoms with van der Waals surface area (Å²) in [6.45, 7) is 10.0. The van der Waals surface area contributed by atoms with Gasteiger partial charge in [0.15, 0.2) is 0 Å². The Kier molecular flexibility index (Phi) is 5.73. The zero-order chi connectivity index (χ0) is 12.0. The smallest absolute Gasteiger partial charge is 0.0892 e. The molecule has 0 bridgehead atoms. The second-order valence-corrected chi connectivity index (χ2v) is 5.28. The van der Waals surface area contributed by atoms with Crippen molar-refractivity contribution in [1.82, 2.24) is 4.90 Å². The van der Waals surface area contributed by atoms with Crippen LogP contribution < -0.4 is 0 Å². The SMILES string of the molecule is CCCN1CCCC(O)(COC(C)C)CC1. The van der Waals surface area contributed by atoms with Crippen LogP contribution in [-0.4, -0.2) is 48.0 Å². The first-order valence-electron chi connectivity index (χ1n) is 6.62. The highest BCUT2D eigenvalue weighted by Gasteiger charge is 2.30. The van der Waals surface area contributed by atoms with Crippen LogP contribution in [0.15, 0.2) is 0 Å². The summed E-state index contributed by atoms with van der Waals surface area (Å²) in [4.78, 5) is 2.45. The van der Waals surface area contributed by atoms with Gasteiger partial charge in [-0.05, 0) is 52.6 Å². The predicted octanol–water partition coefficient (Wildman–Crippen LogP) is 2.04. The molecule has 1 heterocycles. The Hall–Kier alpha value is -0.120. The Balaban J connectivity index is 2.38. The van der Waals surface area contributed by atoms with E-state index in [4.69, 9.17) is 4.74 Å². The predicted molar refractivity (Wildman–Crippen MR) is 66.6 cm³/mol. The number of hydrogen-bond donors (Lipinski definition) is 1. The van der Waals surface area contributed by atoms with Gasteiger partial charge in [-0.1, -0.05) is 6.92 Å². The zero-order valence-electron chi connectivity index (χ0n) is 11.0. The number of rotatable bonds is 5. The lowest BCUT2D eigenvalue weighted by Gasteiger charge is -2.27. The Morgan fingerprint density at radius 3 is 2.69 bits per heavy atom. The summed E-state index contributed by atoms with van der Waals surface area (Å²) in [5.74, 6) is 0. The number of nitrogens with zero attached hydrogens (tertiary/aromatic N) is 1. The van der Waals surface area contributed by atoms with Crippen LogP contribution in [0.25, 0.3) is 0 Å². The van der Waals surface area contributed by atoms with E-state index in [-0.39, 0.29) is 6.10 Å². The van der Waals surface area contributed by atoms with Gasteiger partial charge in [0.2, 0.25) is 0 Å². The molecule has 0 aromatic rings. The van der Waals surface area contributed by atoms with E-state index in [2.05, 4.69) is 11.8 Å². The molecule has 0 spiro atoms. The van der Waals surface area contributed by atoms with Crippen molar-refractivity contribution < 1.29 is 9.84 Å². The first-order chi connectivity index (χ1) is 7.56. The van der Waals surface area contributed by atoms with Crippen molar-refractivity contribution in [2.24, 2.45) is 0 Å². The van der Waals surface area contributed by atoms with Gasteiger partial charge in [-0.25, -0.2) is 0 Å². The molecular weight excluding hydrogens is 202 g/mol. The van der Waals surface area contributed by atoms with Crippen molar-refractivity contribution in [1.29, 1.82) is 0 Å². The van der Waals surface area contributed by atoms with Crippen LogP contribution in [0, 0.1) is 0 Å². The third-order valence-electron chi connectivity index (χ3n) is 3.24.